The molecule has 0 radical (unpaired) electrons. The maximum absolute atomic E-state index is 13.5. The maximum Gasteiger partial charge on any atom is 0.243 e. The molecule has 2 N–H and O–H groups in total. The van der Waals surface area contributed by atoms with Gasteiger partial charge in [-0.1, -0.05) is 11.6 Å². The molecule has 0 saturated heterocycles. The van der Waals surface area contributed by atoms with Crippen LogP contribution in [0.5, 0.6) is 0 Å². The first-order chi connectivity index (χ1) is 9.52. The summed E-state index contributed by atoms with van der Waals surface area (Å²) in [6.45, 7) is 0.457. The van der Waals surface area contributed by atoms with Crippen LogP contribution in [0.15, 0.2) is 12.1 Å². The van der Waals surface area contributed by atoms with E-state index in [1.54, 1.807) is 4.57 Å². The van der Waals surface area contributed by atoms with Crippen molar-refractivity contribution in [3.8, 4) is 0 Å². The van der Waals surface area contributed by atoms with Crippen LogP contribution in [0, 0.1) is 5.82 Å². The normalized spacial score (nSPS) is 11.2. The van der Waals surface area contributed by atoms with Gasteiger partial charge in [0.2, 0.25) is 5.91 Å². The first-order valence-electron chi connectivity index (χ1n) is 5.79. The molecule has 0 saturated carbocycles. The summed E-state index contributed by atoms with van der Waals surface area (Å²) in [6.07, 6.45) is 0. The summed E-state index contributed by atoms with van der Waals surface area (Å²) < 4.78 is 20.3. The molecule has 108 valence electrons. The van der Waals surface area contributed by atoms with E-state index < -0.39 is 11.7 Å². The minimum absolute atomic E-state index is 0.00764. The molecule has 1 aromatic carbocycles. The summed E-state index contributed by atoms with van der Waals surface area (Å²) in [7, 11) is 0. The molecule has 1 amide bonds. The summed E-state index contributed by atoms with van der Waals surface area (Å²) in [5.74, 6) is -0.328. The number of aromatic nitrogens is 2. The molecule has 20 heavy (non-hydrogen) atoms. The lowest BCUT2D eigenvalue weighted by Crippen LogP contribution is -2.20. The molecular weight excluding hydrogens is 308 g/mol. The number of carbonyl (C=O) groups is 1. The highest BCUT2D eigenvalue weighted by molar-refractivity contribution is 6.31. The van der Waals surface area contributed by atoms with E-state index in [1.807, 2.05) is 0 Å². The van der Waals surface area contributed by atoms with Gasteiger partial charge in [0, 0.05) is 12.6 Å². The number of primary amides is 1. The van der Waals surface area contributed by atoms with Crippen LogP contribution < -0.4 is 5.73 Å². The van der Waals surface area contributed by atoms with Crippen molar-refractivity contribution < 1.29 is 13.9 Å². The highest BCUT2D eigenvalue weighted by Gasteiger charge is 2.13. The molecule has 0 bridgehead atoms. The van der Waals surface area contributed by atoms with Crippen LogP contribution in [0.2, 0.25) is 5.02 Å². The van der Waals surface area contributed by atoms with E-state index in [1.165, 1.54) is 12.1 Å². The van der Waals surface area contributed by atoms with E-state index in [9.17, 15) is 9.18 Å². The Balaban J connectivity index is 2.25. The molecule has 0 atom stereocenters. The van der Waals surface area contributed by atoms with Crippen molar-refractivity contribution in [3.05, 3.63) is 28.8 Å². The van der Waals surface area contributed by atoms with Crippen molar-refractivity contribution in [1.29, 1.82) is 0 Å². The van der Waals surface area contributed by atoms with E-state index in [0.29, 0.717) is 23.4 Å². The van der Waals surface area contributed by atoms with Gasteiger partial charge in [-0.05, 0) is 6.07 Å². The topological polar surface area (TPSA) is 70.1 Å². The fraction of sp³-hybridized carbons (Fsp3) is 0.333. The molecule has 0 aliphatic carbocycles. The summed E-state index contributed by atoms with van der Waals surface area (Å²) in [5, 5.41) is 0.00764. The molecule has 0 unspecified atom stereocenters. The van der Waals surface area contributed by atoms with Crippen LogP contribution in [-0.2, 0) is 22.0 Å². The van der Waals surface area contributed by atoms with E-state index in [-0.39, 0.29) is 24.1 Å². The number of hydrogen-bond acceptors (Lipinski definition) is 3. The number of ether oxygens (including phenoxy) is 1. The first kappa shape index (κ1) is 15.0. The fourth-order valence-electron chi connectivity index (χ4n) is 1.85. The third-order valence-electron chi connectivity index (χ3n) is 2.69. The number of benzene rings is 1. The molecule has 2 rings (SSSR count). The number of amides is 1. The van der Waals surface area contributed by atoms with E-state index in [0.717, 1.165) is 0 Å². The van der Waals surface area contributed by atoms with Crippen molar-refractivity contribution in [2.24, 2.45) is 5.73 Å². The highest BCUT2D eigenvalue weighted by Crippen LogP contribution is 2.24. The van der Waals surface area contributed by atoms with Crippen molar-refractivity contribution in [1.82, 2.24) is 9.55 Å². The third-order valence-corrected chi connectivity index (χ3v) is 3.22. The number of nitrogens with zero attached hydrogens (tertiary/aromatic N) is 2. The molecule has 5 nitrogen and oxygen atoms in total. The molecule has 0 spiro atoms. The van der Waals surface area contributed by atoms with Gasteiger partial charge in [0.25, 0.3) is 0 Å². The predicted molar refractivity (Wildman–Crippen MR) is 74.3 cm³/mol. The monoisotopic (exact) mass is 319 g/mol. The standard InChI is InChI=1S/C12H12Cl2FN3O2/c13-5-12-17-9-3-7(14)8(15)4-10(9)18(12)1-2-20-6-11(16)19/h3-4H,1-2,5-6H2,(H2,16,19). The molecule has 1 aromatic heterocycles. The largest absolute Gasteiger partial charge is 0.370 e. The van der Waals surface area contributed by atoms with Crippen molar-refractivity contribution in [3.63, 3.8) is 0 Å². The zero-order chi connectivity index (χ0) is 14.7. The number of halogens is 3. The molecule has 2 aromatic rings. The second-order valence-electron chi connectivity index (χ2n) is 4.09. The van der Waals surface area contributed by atoms with E-state index in [2.05, 4.69) is 4.98 Å². The maximum atomic E-state index is 13.5. The Kier molecular flexibility index (Phi) is 4.80. The van der Waals surface area contributed by atoms with Crippen molar-refractivity contribution in [2.45, 2.75) is 12.4 Å². The quantitative estimate of drug-likeness (QED) is 0.654. The molecule has 0 aliphatic heterocycles. The van der Waals surface area contributed by atoms with Gasteiger partial charge in [-0.2, -0.15) is 0 Å². The number of carbonyl (C=O) groups excluding carboxylic acids is 1. The van der Waals surface area contributed by atoms with Crippen LogP contribution in [0.4, 0.5) is 4.39 Å². The van der Waals surface area contributed by atoms with Crippen LogP contribution in [0.25, 0.3) is 11.0 Å². The van der Waals surface area contributed by atoms with Crippen LogP contribution in [-0.4, -0.2) is 28.7 Å². The Morgan fingerprint density at radius 3 is 2.90 bits per heavy atom. The lowest BCUT2D eigenvalue weighted by atomic mass is 10.3. The minimum Gasteiger partial charge on any atom is -0.370 e. The SMILES string of the molecule is NC(=O)COCCn1c(CCl)nc2cc(Cl)c(F)cc21. The molecule has 8 heteroatoms. The van der Waals surface area contributed by atoms with Gasteiger partial charge in [-0.3, -0.25) is 4.79 Å². The van der Waals surface area contributed by atoms with Gasteiger partial charge in [-0.25, -0.2) is 9.37 Å². The van der Waals surface area contributed by atoms with E-state index in [4.69, 9.17) is 33.7 Å². The Morgan fingerprint density at radius 1 is 1.50 bits per heavy atom. The Morgan fingerprint density at radius 2 is 2.25 bits per heavy atom. The number of nitrogens with two attached hydrogens (primary N) is 1. The second kappa shape index (κ2) is 6.39. The van der Waals surface area contributed by atoms with Crippen LogP contribution >= 0.6 is 23.2 Å². The van der Waals surface area contributed by atoms with Crippen LogP contribution in [0.1, 0.15) is 5.82 Å². The number of fused-ring (bicyclic) bond motifs is 1. The zero-order valence-electron chi connectivity index (χ0n) is 10.4. The number of hydrogen-bond donors (Lipinski definition) is 1. The molecular formula is C12H12Cl2FN3O2. The zero-order valence-corrected chi connectivity index (χ0v) is 11.9. The Hall–Kier alpha value is -1.37. The Labute approximate surface area is 124 Å². The van der Waals surface area contributed by atoms with E-state index >= 15 is 0 Å². The van der Waals surface area contributed by atoms with Gasteiger partial charge < -0.3 is 15.0 Å². The summed E-state index contributed by atoms with van der Waals surface area (Å²) in [5.41, 5.74) is 6.10. The third kappa shape index (κ3) is 3.20. The number of alkyl halides is 1. The summed E-state index contributed by atoms with van der Waals surface area (Å²) in [4.78, 5) is 14.9. The first-order valence-corrected chi connectivity index (χ1v) is 6.70. The summed E-state index contributed by atoms with van der Waals surface area (Å²) in [6, 6.07) is 2.75. The lowest BCUT2D eigenvalue weighted by molar-refractivity contribution is -0.122. The Bertz CT molecular complexity index is 645. The number of imidazole rings is 1. The number of rotatable bonds is 6. The second-order valence-corrected chi connectivity index (χ2v) is 4.76. The average molecular weight is 320 g/mol. The average Bonchev–Trinajstić information content (AvgIpc) is 2.72. The molecule has 0 fully saturated rings. The fourth-order valence-corrected chi connectivity index (χ4v) is 2.21. The lowest BCUT2D eigenvalue weighted by Gasteiger charge is -2.08. The smallest absolute Gasteiger partial charge is 0.243 e. The van der Waals surface area contributed by atoms with Crippen LogP contribution in [0.3, 0.4) is 0 Å². The predicted octanol–water partition coefficient (Wildman–Crippen LogP) is 2.07. The minimum atomic E-state index is -0.545. The molecule has 1 heterocycles. The van der Waals surface area contributed by atoms with Gasteiger partial charge in [0.05, 0.1) is 28.5 Å². The highest BCUT2D eigenvalue weighted by atomic mass is 35.5. The summed E-state index contributed by atoms with van der Waals surface area (Å²) >= 11 is 11.5. The van der Waals surface area contributed by atoms with Gasteiger partial charge in [0.15, 0.2) is 0 Å². The van der Waals surface area contributed by atoms with Crippen molar-refractivity contribution in [2.75, 3.05) is 13.2 Å². The van der Waals surface area contributed by atoms with Gasteiger partial charge in [-0.15, -0.1) is 11.6 Å². The molecule has 0 aliphatic rings. The van der Waals surface area contributed by atoms with Crippen molar-refractivity contribution >= 4 is 40.1 Å². The van der Waals surface area contributed by atoms with Gasteiger partial charge >= 0.3 is 0 Å². The van der Waals surface area contributed by atoms with Gasteiger partial charge in [0.1, 0.15) is 18.2 Å².